The maximum Gasteiger partial charge on any atom is 0.443 e. The Morgan fingerprint density at radius 3 is 3.04 bits per heavy atom. The van der Waals surface area contributed by atoms with Crippen molar-refractivity contribution in [3.05, 3.63) is 51.5 Å². The highest BCUT2D eigenvalue weighted by atomic mass is 19.1. The summed E-state index contributed by atoms with van der Waals surface area (Å²) in [5.74, 6) is 0.343. The molecule has 3 heterocycles. The Balaban J connectivity index is 1.29. The van der Waals surface area contributed by atoms with Crippen LogP contribution in [0.2, 0.25) is 0 Å². The Hall–Kier alpha value is -2.81. The van der Waals surface area contributed by atoms with E-state index in [2.05, 4.69) is 25.7 Å². The first-order valence-corrected chi connectivity index (χ1v) is 9.01. The molecule has 0 amide bonds. The van der Waals surface area contributed by atoms with Gasteiger partial charge in [-0.25, -0.2) is 14.2 Å². The van der Waals surface area contributed by atoms with Crippen molar-refractivity contribution in [3.63, 3.8) is 0 Å². The normalized spacial score (nSPS) is 18.3. The van der Waals surface area contributed by atoms with Crippen LogP contribution >= 0.6 is 0 Å². The molecule has 0 saturated heterocycles. The van der Waals surface area contributed by atoms with Crippen LogP contribution in [-0.2, 0) is 19.3 Å². The number of aliphatic imine (C=N–C) groups is 1. The fourth-order valence-electron chi connectivity index (χ4n) is 3.52. The highest BCUT2D eigenvalue weighted by Crippen LogP contribution is 2.29. The second kappa shape index (κ2) is 7.43. The molecule has 2 aliphatic rings. The number of hydrogen-bond acceptors (Lipinski definition) is 7. The molecule has 0 saturated carbocycles. The fourth-order valence-corrected chi connectivity index (χ4v) is 3.52. The summed E-state index contributed by atoms with van der Waals surface area (Å²) in [6.45, 7) is 3.93. The number of nitrogens with one attached hydrogen (secondary N) is 2. The second-order valence-corrected chi connectivity index (χ2v) is 6.77. The lowest BCUT2D eigenvalue weighted by atomic mass is 10.1. The smallest absolute Gasteiger partial charge is 0.392 e. The molecule has 2 aromatic rings. The van der Waals surface area contributed by atoms with Crippen LogP contribution in [0.4, 0.5) is 4.39 Å². The van der Waals surface area contributed by atoms with Crippen molar-refractivity contribution in [3.8, 4) is 0 Å². The van der Waals surface area contributed by atoms with Gasteiger partial charge < -0.3 is 15.1 Å². The summed E-state index contributed by atoms with van der Waals surface area (Å²) in [5, 5.41) is 10.5. The van der Waals surface area contributed by atoms with E-state index in [-0.39, 0.29) is 5.82 Å². The van der Waals surface area contributed by atoms with Gasteiger partial charge in [-0.1, -0.05) is 0 Å². The Kier molecular flexibility index (Phi) is 4.85. The van der Waals surface area contributed by atoms with Crippen LogP contribution in [0.3, 0.4) is 0 Å². The predicted molar refractivity (Wildman–Crippen MR) is 97.9 cm³/mol. The number of pyridine rings is 1. The summed E-state index contributed by atoms with van der Waals surface area (Å²) in [7, 11) is 0. The summed E-state index contributed by atoms with van der Waals surface area (Å²) in [4.78, 5) is 20.1. The van der Waals surface area contributed by atoms with Gasteiger partial charge in [0.05, 0.1) is 12.7 Å². The molecule has 0 spiro atoms. The number of halogens is 1. The average molecular weight is 372 g/mol. The van der Waals surface area contributed by atoms with Crippen molar-refractivity contribution in [2.75, 3.05) is 19.6 Å². The molecule has 9 heteroatoms. The van der Waals surface area contributed by atoms with Crippen LogP contribution in [0.25, 0.3) is 5.82 Å². The number of aromatic nitrogens is 3. The topological polar surface area (TPSA) is 97.3 Å². The minimum absolute atomic E-state index is 0.209. The molecule has 0 bridgehead atoms. The molecule has 0 fully saturated rings. The monoisotopic (exact) mass is 372 g/mol. The zero-order valence-electron chi connectivity index (χ0n) is 15.0. The third kappa shape index (κ3) is 3.68. The summed E-state index contributed by atoms with van der Waals surface area (Å²) in [6, 6.07) is 0. The van der Waals surface area contributed by atoms with Gasteiger partial charge in [0.25, 0.3) is 0 Å². The van der Waals surface area contributed by atoms with E-state index < -0.39 is 5.76 Å². The number of hydrogen-bond donors (Lipinski definition) is 2. The number of fused-ring (bicyclic) bond motifs is 1. The molecule has 1 aliphatic carbocycles. The van der Waals surface area contributed by atoms with E-state index in [9.17, 15) is 9.18 Å². The van der Waals surface area contributed by atoms with Crippen LogP contribution in [0.5, 0.6) is 0 Å². The molecule has 8 nitrogen and oxygen atoms in total. The molecule has 4 rings (SSSR count). The predicted octanol–water partition coefficient (Wildman–Crippen LogP) is 0.656. The third-order valence-corrected chi connectivity index (χ3v) is 4.87. The molecule has 27 heavy (non-hydrogen) atoms. The lowest BCUT2D eigenvalue weighted by molar-refractivity contribution is 0.440. The van der Waals surface area contributed by atoms with Gasteiger partial charge in [0.1, 0.15) is 5.82 Å². The molecule has 0 radical (unpaired) electrons. The standard InChI is InChI=1S/C18H21FN6O2/c1-11-13-6-12(7-14(13)15(19)9-23-11)8-20-3-2-17-24-25(18(26)27-17)16-10-21-4-5-22-16/h5,9-10,12,20-21H,2-4,6-8H2,1H3. The molecular formula is C18H21FN6O2. The Morgan fingerprint density at radius 1 is 1.41 bits per heavy atom. The Morgan fingerprint density at radius 2 is 2.26 bits per heavy atom. The molecule has 0 aromatic carbocycles. The van der Waals surface area contributed by atoms with Gasteiger partial charge in [-0.05, 0) is 43.4 Å². The third-order valence-electron chi connectivity index (χ3n) is 4.87. The van der Waals surface area contributed by atoms with E-state index in [0.29, 0.717) is 37.1 Å². The zero-order chi connectivity index (χ0) is 18.8. The average Bonchev–Trinajstić information content (AvgIpc) is 3.27. The van der Waals surface area contributed by atoms with Crippen molar-refractivity contribution in [1.29, 1.82) is 0 Å². The minimum Gasteiger partial charge on any atom is -0.392 e. The molecule has 2 aromatic heterocycles. The highest BCUT2D eigenvalue weighted by Gasteiger charge is 2.26. The lowest BCUT2D eigenvalue weighted by Crippen LogP contribution is -2.25. The summed E-state index contributed by atoms with van der Waals surface area (Å²) >= 11 is 0. The van der Waals surface area contributed by atoms with E-state index in [0.717, 1.165) is 40.9 Å². The van der Waals surface area contributed by atoms with E-state index in [1.807, 2.05) is 6.92 Å². The van der Waals surface area contributed by atoms with Gasteiger partial charge in [0, 0.05) is 31.1 Å². The molecule has 1 unspecified atom stereocenters. The van der Waals surface area contributed by atoms with Gasteiger partial charge in [-0.15, -0.1) is 9.78 Å². The van der Waals surface area contributed by atoms with Crippen molar-refractivity contribution in [1.82, 2.24) is 25.4 Å². The van der Waals surface area contributed by atoms with E-state index in [1.165, 1.54) is 6.20 Å². The molecule has 142 valence electrons. The minimum atomic E-state index is -0.554. The van der Waals surface area contributed by atoms with Crippen LogP contribution in [0.15, 0.2) is 26.6 Å². The molecule has 1 aliphatic heterocycles. The quantitative estimate of drug-likeness (QED) is 0.723. The van der Waals surface area contributed by atoms with Crippen molar-refractivity contribution >= 4 is 12.0 Å². The Bertz CT molecular complexity index is 930. The van der Waals surface area contributed by atoms with Gasteiger partial charge in [0.15, 0.2) is 5.82 Å². The highest BCUT2D eigenvalue weighted by molar-refractivity contribution is 5.69. The van der Waals surface area contributed by atoms with Crippen molar-refractivity contribution in [2.45, 2.75) is 26.2 Å². The van der Waals surface area contributed by atoms with Crippen molar-refractivity contribution in [2.24, 2.45) is 10.9 Å². The van der Waals surface area contributed by atoms with Crippen LogP contribution in [0.1, 0.15) is 22.7 Å². The van der Waals surface area contributed by atoms with Gasteiger partial charge in [-0.2, -0.15) is 0 Å². The summed E-state index contributed by atoms with van der Waals surface area (Å²) in [5.41, 5.74) is 2.76. The van der Waals surface area contributed by atoms with Crippen LogP contribution in [-0.4, -0.2) is 40.6 Å². The first-order valence-electron chi connectivity index (χ1n) is 9.01. The van der Waals surface area contributed by atoms with E-state index >= 15 is 0 Å². The van der Waals surface area contributed by atoms with Crippen LogP contribution in [0, 0.1) is 18.7 Å². The second-order valence-electron chi connectivity index (χ2n) is 6.77. The zero-order valence-corrected chi connectivity index (χ0v) is 15.0. The van der Waals surface area contributed by atoms with Crippen molar-refractivity contribution < 1.29 is 8.81 Å². The summed E-state index contributed by atoms with van der Waals surface area (Å²) in [6.07, 6.45) is 6.64. The molecule has 1 atom stereocenters. The molecule has 2 N–H and O–H groups in total. The van der Waals surface area contributed by atoms with Gasteiger partial charge in [0.2, 0.25) is 5.89 Å². The first-order chi connectivity index (χ1) is 13.1. The number of rotatable bonds is 6. The number of aryl methyl sites for hydroxylation is 1. The SMILES string of the molecule is Cc1ncc(F)c2c1CC(CNCCc1nn(C3=CNCC=N3)c(=O)o1)C2. The Labute approximate surface area is 155 Å². The fraction of sp³-hybridized carbons (Fsp3) is 0.444. The van der Waals surface area contributed by atoms with E-state index in [1.54, 1.807) is 12.4 Å². The summed E-state index contributed by atoms with van der Waals surface area (Å²) < 4.78 is 20.2. The lowest BCUT2D eigenvalue weighted by Gasteiger charge is -2.09. The molecular weight excluding hydrogens is 351 g/mol. The van der Waals surface area contributed by atoms with Gasteiger partial charge >= 0.3 is 5.76 Å². The first kappa shape index (κ1) is 17.6. The maximum atomic E-state index is 13.9. The van der Waals surface area contributed by atoms with E-state index in [4.69, 9.17) is 4.42 Å². The van der Waals surface area contributed by atoms with Crippen LogP contribution < -0.4 is 16.4 Å². The maximum absolute atomic E-state index is 13.9. The number of nitrogens with zero attached hydrogens (tertiary/aromatic N) is 4. The largest absolute Gasteiger partial charge is 0.443 e. The van der Waals surface area contributed by atoms with Gasteiger partial charge in [-0.3, -0.25) is 4.98 Å².